The van der Waals surface area contributed by atoms with Crippen LogP contribution in [-0.4, -0.2) is 53.2 Å². The molecule has 8 nitrogen and oxygen atoms in total. The van der Waals surface area contributed by atoms with Crippen molar-refractivity contribution in [2.75, 3.05) is 19.7 Å². The van der Waals surface area contributed by atoms with Crippen molar-refractivity contribution in [3.63, 3.8) is 0 Å². The highest BCUT2D eigenvalue weighted by Crippen LogP contribution is 2.36. The molecule has 1 aromatic heterocycles. The van der Waals surface area contributed by atoms with Gasteiger partial charge in [-0.2, -0.15) is 0 Å². The van der Waals surface area contributed by atoms with Crippen LogP contribution in [0.3, 0.4) is 0 Å². The molecule has 1 aromatic carbocycles. The summed E-state index contributed by atoms with van der Waals surface area (Å²) in [6, 6.07) is 2.76. The molecule has 2 heterocycles. The van der Waals surface area contributed by atoms with Crippen LogP contribution in [0.2, 0.25) is 5.02 Å². The van der Waals surface area contributed by atoms with Crippen molar-refractivity contribution >= 4 is 40.7 Å². The van der Waals surface area contributed by atoms with Gasteiger partial charge in [-0.3, -0.25) is 4.99 Å². The fourth-order valence-corrected chi connectivity index (χ4v) is 3.94. The summed E-state index contributed by atoms with van der Waals surface area (Å²) in [6.07, 6.45) is 1.58. The topological polar surface area (TPSA) is 113 Å². The Morgan fingerprint density at radius 3 is 2.79 bits per heavy atom. The van der Waals surface area contributed by atoms with Crippen LogP contribution in [0.15, 0.2) is 46.0 Å². The second-order valence-electron chi connectivity index (χ2n) is 7.23. The van der Waals surface area contributed by atoms with Gasteiger partial charge in [-0.25, -0.2) is 23.4 Å². The van der Waals surface area contributed by atoms with E-state index >= 15 is 0 Å². The lowest BCUT2D eigenvalue weighted by atomic mass is 9.95. The highest BCUT2D eigenvalue weighted by molar-refractivity contribution is 7.11. The van der Waals surface area contributed by atoms with Gasteiger partial charge in [0.15, 0.2) is 10.8 Å². The molecule has 1 aliphatic heterocycles. The maximum Gasteiger partial charge on any atom is 0.342 e. The Morgan fingerprint density at radius 1 is 1.42 bits per heavy atom. The number of aliphatic carboxylic acids is 1. The van der Waals surface area contributed by atoms with Gasteiger partial charge in [-0.15, -0.1) is 11.3 Å². The lowest BCUT2D eigenvalue weighted by Crippen LogP contribution is -2.44. The van der Waals surface area contributed by atoms with Gasteiger partial charge in [0.05, 0.1) is 12.2 Å². The number of ether oxygens (including phenoxy) is 1. The predicted molar refractivity (Wildman–Crippen MR) is 120 cm³/mol. The normalized spacial score (nSPS) is 17.7. The summed E-state index contributed by atoms with van der Waals surface area (Å²) in [6.45, 7) is 2.02. The number of thiazole rings is 1. The third-order valence-electron chi connectivity index (χ3n) is 4.72. The fraction of sp³-hybridized carbons (Fsp3) is 0.333. The highest BCUT2D eigenvalue weighted by Gasteiger charge is 2.35. The molecule has 0 bridgehead atoms. The minimum Gasteiger partial charge on any atom is -0.479 e. The molecule has 12 heteroatoms. The van der Waals surface area contributed by atoms with E-state index in [1.165, 1.54) is 23.5 Å². The van der Waals surface area contributed by atoms with Crippen LogP contribution in [0.1, 0.15) is 30.5 Å². The Bertz CT molecular complexity index is 1110. The van der Waals surface area contributed by atoms with E-state index in [9.17, 15) is 18.4 Å². The van der Waals surface area contributed by atoms with Crippen LogP contribution in [0.4, 0.5) is 8.78 Å². The van der Waals surface area contributed by atoms with E-state index in [0.717, 1.165) is 13.0 Å². The number of carboxylic acids is 1. The molecule has 176 valence electrons. The molecule has 0 fully saturated rings. The number of esters is 1. The third-order valence-corrected chi connectivity index (χ3v) is 5.83. The number of hydrogen-bond donors (Lipinski definition) is 3. The van der Waals surface area contributed by atoms with Crippen molar-refractivity contribution in [1.82, 2.24) is 15.6 Å². The smallest absolute Gasteiger partial charge is 0.342 e. The summed E-state index contributed by atoms with van der Waals surface area (Å²) in [4.78, 5) is 32.8. The molecular weight excluding hydrogens is 478 g/mol. The molecule has 2 aromatic rings. The molecule has 0 radical (unpaired) electrons. The van der Waals surface area contributed by atoms with Crippen molar-refractivity contribution in [3.05, 3.63) is 62.5 Å². The fourth-order valence-electron chi connectivity index (χ4n) is 3.08. The van der Waals surface area contributed by atoms with Gasteiger partial charge in [-0.05, 0) is 26.0 Å². The number of aromatic nitrogens is 1. The van der Waals surface area contributed by atoms with Crippen molar-refractivity contribution in [2.24, 2.45) is 4.99 Å². The number of hydrogen-bond acceptors (Lipinski definition) is 8. The predicted octanol–water partition coefficient (Wildman–Crippen LogP) is 3.25. The monoisotopic (exact) mass is 498 g/mol. The summed E-state index contributed by atoms with van der Waals surface area (Å²) in [5.41, 5.74) is -1.81. The van der Waals surface area contributed by atoms with Gasteiger partial charge in [0.2, 0.25) is 5.67 Å². The Kier molecular flexibility index (Phi) is 7.77. The van der Waals surface area contributed by atoms with Crippen LogP contribution in [-0.2, 0) is 14.3 Å². The summed E-state index contributed by atoms with van der Waals surface area (Å²) in [5.74, 6) is -2.55. The van der Waals surface area contributed by atoms with E-state index in [4.69, 9.17) is 21.4 Å². The number of benzene rings is 1. The van der Waals surface area contributed by atoms with E-state index in [-0.39, 0.29) is 29.4 Å². The molecule has 0 amide bonds. The third kappa shape index (κ3) is 5.73. The minimum absolute atomic E-state index is 0.0560. The first-order valence-corrected chi connectivity index (χ1v) is 11.1. The zero-order valence-electron chi connectivity index (χ0n) is 17.7. The number of alkyl halides is 1. The van der Waals surface area contributed by atoms with Crippen molar-refractivity contribution in [2.45, 2.75) is 25.6 Å². The van der Waals surface area contributed by atoms with Gasteiger partial charge >= 0.3 is 11.9 Å². The first-order chi connectivity index (χ1) is 15.6. The number of nitrogens with zero attached hydrogens (tertiary/aromatic N) is 2. The van der Waals surface area contributed by atoms with Crippen LogP contribution in [0, 0.1) is 5.82 Å². The summed E-state index contributed by atoms with van der Waals surface area (Å²) in [5, 5.41) is 17.1. The number of carbonyl (C=O) groups is 2. The average Bonchev–Trinajstić information content (AvgIpc) is 3.28. The number of aliphatic imine (C=N–C) groups is 1. The standard InChI is InChI=1S/C21H21ClF2N4O4S/c1-3-32-19(29)15-14(9-25-10-21(2,24)20(30)31)27-17(18-26-6-7-33-18)28-16(15)12-5-4-11(23)8-13(12)22/h4-8,16,25H,3,9-10H2,1-2H3,(H,27,28)(H,30,31)/t16?,21-/m1/s1. The summed E-state index contributed by atoms with van der Waals surface area (Å²) < 4.78 is 33.1. The second kappa shape index (κ2) is 10.4. The lowest BCUT2D eigenvalue weighted by Gasteiger charge is -2.28. The van der Waals surface area contributed by atoms with Gasteiger partial charge in [0.1, 0.15) is 11.9 Å². The number of carboxylic acid groups (broad SMARTS) is 1. The molecular formula is C21H21ClF2N4O4S. The first kappa shape index (κ1) is 24.7. The van der Waals surface area contributed by atoms with Crippen molar-refractivity contribution in [3.8, 4) is 0 Å². The Hall–Kier alpha value is -2.89. The SMILES string of the molecule is CCOC(=O)C1=C(CNC[C@@](C)(F)C(=O)O)NC(c2nccs2)=NC1c1ccc(F)cc1Cl. The van der Waals surface area contributed by atoms with Gasteiger partial charge < -0.3 is 20.5 Å². The zero-order valence-corrected chi connectivity index (χ0v) is 19.3. The molecule has 0 spiro atoms. The average molecular weight is 499 g/mol. The van der Waals surface area contributed by atoms with E-state index in [0.29, 0.717) is 16.4 Å². The van der Waals surface area contributed by atoms with Crippen molar-refractivity contribution < 1.29 is 28.2 Å². The Balaban J connectivity index is 2.06. The van der Waals surface area contributed by atoms with Gasteiger partial charge in [0.25, 0.3) is 0 Å². The largest absolute Gasteiger partial charge is 0.479 e. The van der Waals surface area contributed by atoms with Crippen LogP contribution in [0.25, 0.3) is 0 Å². The Morgan fingerprint density at radius 2 is 2.18 bits per heavy atom. The molecule has 2 atom stereocenters. The molecule has 0 aliphatic carbocycles. The number of amidine groups is 1. The molecule has 0 saturated heterocycles. The van der Waals surface area contributed by atoms with E-state index in [2.05, 4.69) is 20.6 Å². The second-order valence-corrected chi connectivity index (χ2v) is 8.53. The van der Waals surface area contributed by atoms with Gasteiger partial charge in [0, 0.05) is 40.9 Å². The molecule has 1 unspecified atom stereocenters. The lowest BCUT2D eigenvalue weighted by molar-refractivity contribution is -0.149. The van der Waals surface area contributed by atoms with E-state index < -0.39 is 36.0 Å². The van der Waals surface area contributed by atoms with E-state index in [1.807, 2.05) is 0 Å². The first-order valence-electron chi connectivity index (χ1n) is 9.87. The molecule has 1 aliphatic rings. The quantitative estimate of drug-likeness (QED) is 0.455. The van der Waals surface area contributed by atoms with Crippen LogP contribution in [0.5, 0.6) is 0 Å². The number of nitrogens with one attached hydrogen (secondary N) is 2. The minimum atomic E-state index is -2.52. The Labute approximate surface area is 197 Å². The number of rotatable bonds is 9. The van der Waals surface area contributed by atoms with Crippen LogP contribution >= 0.6 is 22.9 Å². The summed E-state index contributed by atoms with van der Waals surface area (Å²) in [7, 11) is 0. The molecule has 33 heavy (non-hydrogen) atoms. The maximum absolute atomic E-state index is 14.2. The zero-order chi connectivity index (χ0) is 24.2. The van der Waals surface area contributed by atoms with Gasteiger partial charge in [-0.1, -0.05) is 17.7 Å². The molecule has 3 rings (SSSR count). The van der Waals surface area contributed by atoms with E-state index in [1.54, 1.807) is 18.5 Å². The molecule has 0 saturated carbocycles. The van der Waals surface area contributed by atoms with Crippen LogP contribution < -0.4 is 10.6 Å². The van der Waals surface area contributed by atoms with Crippen molar-refractivity contribution in [1.29, 1.82) is 0 Å². The number of halogens is 3. The number of carbonyl (C=O) groups excluding carboxylic acids is 1. The molecule has 3 N–H and O–H groups in total. The summed E-state index contributed by atoms with van der Waals surface area (Å²) >= 11 is 7.57. The maximum atomic E-state index is 14.2. The highest BCUT2D eigenvalue weighted by atomic mass is 35.5.